The molecule has 19 heavy (non-hydrogen) atoms. The molecule has 5 nitrogen and oxygen atoms in total. The number of carbonyl (C=O) groups is 3. The van der Waals surface area contributed by atoms with E-state index in [2.05, 4.69) is 15.9 Å². The molecule has 0 saturated carbocycles. The number of benzene rings is 1. The number of anilines is 1. The number of carbonyl (C=O) groups excluding carboxylic acids is 2. The zero-order valence-electron chi connectivity index (χ0n) is 10.4. The minimum atomic E-state index is -1.13. The number of hydrogen-bond acceptors (Lipinski definition) is 3. The number of rotatable bonds is 3. The van der Waals surface area contributed by atoms with E-state index in [0.29, 0.717) is 15.7 Å². The number of hydrogen-bond donors (Lipinski definition) is 1. The van der Waals surface area contributed by atoms with E-state index >= 15 is 0 Å². The van der Waals surface area contributed by atoms with E-state index < -0.39 is 23.1 Å². The quantitative estimate of drug-likeness (QED) is 0.863. The SMILES string of the molecule is CC(C)(CN1C(=O)C(=O)c2cccc(Br)c21)C(=O)O. The second-order valence-electron chi connectivity index (χ2n) is 5.05. The molecule has 0 atom stereocenters. The van der Waals surface area contributed by atoms with Gasteiger partial charge in [-0.05, 0) is 41.9 Å². The highest BCUT2D eigenvalue weighted by molar-refractivity contribution is 9.10. The second-order valence-corrected chi connectivity index (χ2v) is 5.90. The van der Waals surface area contributed by atoms with Crippen molar-refractivity contribution in [1.29, 1.82) is 0 Å². The van der Waals surface area contributed by atoms with Gasteiger partial charge in [-0.25, -0.2) is 0 Å². The number of carboxylic acid groups (broad SMARTS) is 1. The van der Waals surface area contributed by atoms with Crippen LogP contribution < -0.4 is 4.90 Å². The smallest absolute Gasteiger partial charge is 0.310 e. The summed E-state index contributed by atoms with van der Waals surface area (Å²) >= 11 is 3.29. The van der Waals surface area contributed by atoms with Crippen molar-refractivity contribution in [3.05, 3.63) is 28.2 Å². The lowest BCUT2D eigenvalue weighted by atomic mass is 9.93. The Bertz CT molecular complexity index is 594. The van der Waals surface area contributed by atoms with Crippen molar-refractivity contribution in [3.63, 3.8) is 0 Å². The number of fused-ring (bicyclic) bond motifs is 1. The second kappa shape index (κ2) is 4.45. The molecule has 1 aromatic rings. The Kier molecular flexibility index (Phi) is 3.22. The maximum absolute atomic E-state index is 12.0. The zero-order chi connectivity index (χ0) is 14.4. The van der Waals surface area contributed by atoms with Gasteiger partial charge in [0.1, 0.15) is 0 Å². The third-order valence-electron chi connectivity index (χ3n) is 3.07. The number of aliphatic carboxylic acids is 1. The molecule has 0 unspecified atom stereocenters. The van der Waals surface area contributed by atoms with Crippen LogP contribution in [-0.2, 0) is 9.59 Å². The highest BCUT2D eigenvalue weighted by atomic mass is 79.9. The summed E-state index contributed by atoms with van der Waals surface area (Å²) in [5.41, 5.74) is -0.375. The molecular formula is C13H12BrNO4. The van der Waals surface area contributed by atoms with Crippen LogP contribution in [-0.4, -0.2) is 29.3 Å². The van der Waals surface area contributed by atoms with E-state index in [1.807, 2.05) is 0 Å². The van der Waals surface area contributed by atoms with Gasteiger partial charge in [0.25, 0.3) is 11.7 Å². The Labute approximate surface area is 118 Å². The molecule has 0 spiro atoms. The third-order valence-corrected chi connectivity index (χ3v) is 3.71. The molecule has 2 rings (SSSR count). The Balaban J connectivity index is 2.47. The van der Waals surface area contributed by atoms with Gasteiger partial charge in [-0.15, -0.1) is 0 Å². The first-order chi connectivity index (χ1) is 8.75. The Morgan fingerprint density at radius 3 is 2.58 bits per heavy atom. The molecular weight excluding hydrogens is 314 g/mol. The van der Waals surface area contributed by atoms with Crippen LogP contribution >= 0.6 is 15.9 Å². The highest BCUT2D eigenvalue weighted by Crippen LogP contribution is 2.37. The monoisotopic (exact) mass is 325 g/mol. The van der Waals surface area contributed by atoms with Crippen LogP contribution in [0.15, 0.2) is 22.7 Å². The third kappa shape index (κ3) is 2.16. The fraction of sp³-hybridized carbons (Fsp3) is 0.308. The molecule has 0 saturated heterocycles. The molecule has 0 aliphatic carbocycles. The van der Waals surface area contributed by atoms with Crippen LogP contribution in [0.3, 0.4) is 0 Å². The number of Topliss-reactive ketones (excluding diaryl/α,β-unsaturated/α-hetero) is 1. The number of halogens is 1. The van der Waals surface area contributed by atoms with E-state index in [4.69, 9.17) is 5.11 Å². The molecule has 1 aliphatic heterocycles. The van der Waals surface area contributed by atoms with E-state index in [9.17, 15) is 14.4 Å². The van der Waals surface area contributed by atoms with Crippen LogP contribution in [0.4, 0.5) is 5.69 Å². The maximum atomic E-state index is 12.0. The van der Waals surface area contributed by atoms with Crippen molar-refractivity contribution < 1.29 is 19.5 Å². The Morgan fingerprint density at radius 1 is 1.37 bits per heavy atom. The lowest BCUT2D eigenvalue weighted by molar-refractivity contribution is -0.146. The number of carboxylic acids is 1. The lowest BCUT2D eigenvalue weighted by Crippen LogP contribution is -2.42. The summed E-state index contributed by atoms with van der Waals surface area (Å²) in [5, 5.41) is 9.14. The Morgan fingerprint density at radius 2 is 2.00 bits per heavy atom. The summed E-state index contributed by atoms with van der Waals surface area (Å²) in [7, 11) is 0. The standard InChI is InChI=1S/C13H12BrNO4/c1-13(2,12(18)19)6-15-9-7(10(16)11(15)17)4-3-5-8(9)14/h3-5H,6H2,1-2H3,(H,18,19). The van der Waals surface area contributed by atoms with Gasteiger partial charge in [0.05, 0.1) is 16.7 Å². The van der Waals surface area contributed by atoms with Gasteiger partial charge in [0.2, 0.25) is 0 Å². The number of ketones is 1. The zero-order valence-corrected chi connectivity index (χ0v) is 12.0. The van der Waals surface area contributed by atoms with Crippen molar-refractivity contribution in [2.75, 3.05) is 11.4 Å². The van der Waals surface area contributed by atoms with Crippen molar-refractivity contribution >= 4 is 39.3 Å². The van der Waals surface area contributed by atoms with Crippen LogP contribution in [0.25, 0.3) is 0 Å². The van der Waals surface area contributed by atoms with Gasteiger partial charge < -0.3 is 10.0 Å². The van der Waals surface area contributed by atoms with Crippen molar-refractivity contribution in [1.82, 2.24) is 0 Å². The normalized spacial score (nSPS) is 14.8. The predicted molar refractivity (Wildman–Crippen MR) is 72.2 cm³/mol. The number of nitrogens with zero attached hydrogens (tertiary/aromatic N) is 1. The topological polar surface area (TPSA) is 74.7 Å². The van der Waals surface area contributed by atoms with Gasteiger partial charge in [-0.3, -0.25) is 14.4 Å². The van der Waals surface area contributed by atoms with Crippen LogP contribution in [0.1, 0.15) is 24.2 Å². The minimum Gasteiger partial charge on any atom is -0.481 e. The average Bonchev–Trinajstić information content (AvgIpc) is 2.55. The highest BCUT2D eigenvalue weighted by Gasteiger charge is 2.41. The van der Waals surface area contributed by atoms with Gasteiger partial charge in [0.15, 0.2) is 0 Å². The molecule has 1 N–H and O–H groups in total. The van der Waals surface area contributed by atoms with E-state index in [0.717, 1.165) is 0 Å². The van der Waals surface area contributed by atoms with E-state index in [1.165, 1.54) is 18.7 Å². The summed E-state index contributed by atoms with van der Waals surface area (Å²) in [4.78, 5) is 36.2. The number of amides is 1. The van der Waals surface area contributed by atoms with Gasteiger partial charge in [-0.1, -0.05) is 6.07 Å². The first-order valence-electron chi connectivity index (χ1n) is 5.64. The number of para-hydroxylation sites is 1. The van der Waals surface area contributed by atoms with Gasteiger partial charge in [0, 0.05) is 11.0 Å². The molecule has 6 heteroatoms. The van der Waals surface area contributed by atoms with Crippen molar-refractivity contribution in [2.24, 2.45) is 5.41 Å². The van der Waals surface area contributed by atoms with Crippen molar-refractivity contribution in [2.45, 2.75) is 13.8 Å². The fourth-order valence-corrected chi connectivity index (χ4v) is 2.51. The minimum absolute atomic E-state index is 0.0531. The van der Waals surface area contributed by atoms with Gasteiger partial charge >= 0.3 is 5.97 Å². The molecule has 1 amide bonds. The van der Waals surface area contributed by atoms with E-state index in [1.54, 1.807) is 18.2 Å². The van der Waals surface area contributed by atoms with Crippen molar-refractivity contribution in [3.8, 4) is 0 Å². The van der Waals surface area contributed by atoms with Crippen LogP contribution in [0.2, 0.25) is 0 Å². The van der Waals surface area contributed by atoms with Crippen LogP contribution in [0.5, 0.6) is 0 Å². The first-order valence-corrected chi connectivity index (χ1v) is 6.43. The fourth-order valence-electron chi connectivity index (χ4n) is 1.93. The first kappa shape index (κ1) is 13.7. The summed E-state index contributed by atoms with van der Waals surface area (Å²) < 4.78 is 0.602. The Hall–Kier alpha value is -1.69. The molecule has 0 radical (unpaired) electrons. The van der Waals surface area contributed by atoms with Crippen LogP contribution in [0, 0.1) is 5.41 Å². The molecule has 0 fully saturated rings. The summed E-state index contributed by atoms with van der Waals surface area (Å²) in [5.74, 6) is -2.30. The molecule has 0 aromatic heterocycles. The summed E-state index contributed by atoms with van der Waals surface area (Å²) in [6.45, 7) is 2.98. The molecule has 1 aliphatic rings. The predicted octanol–water partition coefficient (Wildman–Crippen LogP) is 2.09. The van der Waals surface area contributed by atoms with E-state index in [-0.39, 0.29) is 6.54 Å². The largest absolute Gasteiger partial charge is 0.481 e. The average molecular weight is 326 g/mol. The lowest BCUT2D eigenvalue weighted by Gasteiger charge is -2.26. The molecule has 1 aromatic carbocycles. The molecule has 1 heterocycles. The molecule has 0 bridgehead atoms. The summed E-state index contributed by atoms with van der Waals surface area (Å²) in [6.07, 6.45) is 0. The molecule has 100 valence electrons. The maximum Gasteiger partial charge on any atom is 0.310 e. The summed E-state index contributed by atoms with van der Waals surface area (Å²) in [6, 6.07) is 4.94. The van der Waals surface area contributed by atoms with Gasteiger partial charge in [-0.2, -0.15) is 0 Å².